The molecule has 0 aromatic heterocycles. The first-order valence-corrected chi connectivity index (χ1v) is 7.89. The molecule has 1 aromatic carbocycles. The summed E-state index contributed by atoms with van der Waals surface area (Å²) < 4.78 is 30.4. The van der Waals surface area contributed by atoms with E-state index in [0.29, 0.717) is 18.7 Å². The minimum atomic E-state index is -3.77. The number of methoxy groups -OCH3 is 1. The fourth-order valence-corrected chi connectivity index (χ4v) is 3.00. The van der Waals surface area contributed by atoms with Crippen LogP contribution in [-0.2, 0) is 24.3 Å². The van der Waals surface area contributed by atoms with Crippen molar-refractivity contribution in [1.82, 2.24) is 4.72 Å². The van der Waals surface area contributed by atoms with Gasteiger partial charge in [0.25, 0.3) is 0 Å². The fraction of sp³-hybridized carbons (Fsp3) is 0.385. The van der Waals surface area contributed by atoms with Crippen LogP contribution in [0.2, 0.25) is 0 Å². The Morgan fingerprint density at radius 2 is 2.00 bits per heavy atom. The van der Waals surface area contributed by atoms with Crippen molar-refractivity contribution < 1.29 is 22.7 Å². The largest absolute Gasteiger partial charge is 0.468 e. The molecule has 1 N–H and O–H groups in total. The Kier molecular flexibility index (Phi) is 4.59. The van der Waals surface area contributed by atoms with Crippen LogP contribution >= 0.6 is 0 Å². The van der Waals surface area contributed by atoms with Gasteiger partial charge in [-0.2, -0.15) is 4.72 Å². The summed E-state index contributed by atoms with van der Waals surface area (Å²) in [5.41, 5.74) is 0.671. The second-order valence-corrected chi connectivity index (χ2v) is 6.31. The molecule has 0 saturated carbocycles. The number of hydrogen-bond acceptors (Lipinski definition) is 5. The van der Waals surface area contributed by atoms with Crippen LogP contribution in [0.25, 0.3) is 0 Å². The molecule has 1 amide bonds. The van der Waals surface area contributed by atoms with Crippen LogP contribution in [0.3, 0.4) is 0 Å². The molecule has 0 aliphatic carbocycles. The summed E-state index contributed by atoms with van der Waals surface area (Å²) in [6, 6.07) is 5.97. The second-order valence-electron chi connectivity index (χ2n) is 4.54. The number of esters is 1. The summed E-state index contributed by atoms with van der Waals surface area (Å²) in [6.45, 7) is 0.219. The van der Waals surface area contributed by atoms with Crippen molar-refractivity contribution in [3.8, 4) is 0 Å². The van der Waals surface area contributed by atoms with Gasteiger partial charge in [-0.3, -0.25) is 9.59 Å². The van der Waals surface area contributed by atoms with Crippen molar-refractivity contribution in [2.45, 2.75) is 17.7 Å². The van der Waals surface area contributed by atoms with Crippen molar-refractivity contribution in [1.29, 1.82) is 0 Å². The quantitative estimate of drug-likeness (QED) is 0.788. The van der Waals surface area contributed by atoms with Crippen LogP contribution in [0, 0.1) is 0 Å². The van der Waals surface area contributed by atoms with Crippen LogP contribution in [-0.4, -0.2) is 40.5 Å². The molecule has 0 atom stereocenters. The smallest absolute Gasteiger partial charge is 0.320 e. The number of carbonyl (C=O) groups excluding carboxylic acids is 2. The molecule has 1 aliphatic rings. The van der Waals surface area contributed by atoms with Gasteiger partial charge in [0.1, 0.15) is 6.54 Å². The summed E-state index contributed by atoms with van der Waals surface area (Å²) in [7, 11) is -2.59. The highest BCUT2D eigenvalue weighted by molar-refractivity contribution is 7.89. The van der Waals surface area contributed by atoms with Gasteiger partial charge in [-0.05, 0) is 30.7 Å². The van der Waals surface area contributed by atoms with E-state index in [1.54, 1.807) is 17.0 Å². The van der Waals surface area contributed by atoms with E-state index in [2.05, 4.69) is 9.46 Å². The van der Waals surface area contributed by atoms with Gasteiger partial charge >= 0.3 is 5.97 Å². The van der Waals surface area contributed by atoms with Crippen molar-refractivity contribution in [3.05, 3.63) is 24.3 Å². The molecule has 0 unspecified atom stereocenters. The van der Waals surface area contributed by atoms with Crippen molar-refractivity contribution in [2.75, 3.05) is 25.1 Å². The Labute approximate surface area is 122 Å². The molecular formula is C13H16N2O5S. The maximum atomic E-state index is 12.0. The SMILES string of the molecule is COC(=O)CNS(=O)(=O)c1ccc(N2CCCC2=O)cc1. The van der Waals surface area contributed by atoms with Gasteiger partial charge in [-0.1, -0.05) is 0 Å². The molecular weight excluding hydrogens is 296 g/mol. The third-order valence-electron chi connectivity index (χ3n) is 3.17. The summed E-state index contributed by atoms with van der Waals surface area (Å²) in [5, 5.41) is 0. The van der Waals surface area contributed by atoms with Crippen LogP contribution < -0.4 is 9.62 Å². The minimum Gasteiger partial charge on any atom is -0.468 e. The average Bonchev–Trinajstić information content (AvgIpc) is 2.91. The highest BCUT2D eigenvalue weighted by atomic mass is 32.2. The van der Waals surface area contributed by atoms with E-state index < -0.39 is 22.5 Å². The summed E-state index contributed by atoms with van der Waals surface area (Å²) in [4.78, 5) is 24.2. The number of nitrogens with zero attached hydrogens (tertiary/aromatic N) is 1. The predicted octanol–water partition coefficient (Wildman–Crippen LogP) is 0.265. The number of carbonyl (C=O) groups is 2. The van der Waals surface area contributed by atoms with E-state index >= 15 is 0 Å². The fourth-order valence-electron chi connectivity index (χ4n) is 2.04. The maximum Gasteiger partial charge on any atom is 0.320 e. The molecule has 0 radical (unpaired) electrons. The lowest BCUT2D eigenvalue weighted by Crippen LogP contribution is -2.30. The molecule has 114 valence electrons. The van der Waals surface area contributed by atoms with Crippen molar-refractivity contribution >= 4 is 27.6 Å². The van der Waals surface area contributed by atoms with Crippen LogP contribution in [0.15, 0.2) is 29.2 Å². The molecule has 7 nitrogen and oxygen atoms in total. The zero-order valence-corrected chi connectivity index (χ0v) is 12.4. The number of benzene rings is 1. The standard InChI is InChI=1S/C13H16N2O5S/c1-20-13(17)9-14-21(18,19)11-6-4-10(5-7-11)15-8-2-3-12(15)16/h4-7,14H,2-3,8-9H2,1H3. The summed E-state index contributed by atoms with van der Waals surface area (Å²) in [6.07, 6.45) is 1.32. The van der Waals surface area contributed by atoms with Gasteiger partial charge in [0.05, 0.1) is 12.0 Å². The summed E-state index contributed by atoms with van der Waals surface area (Å²) >= 11 is 0. The molecule has 21 heavy (non-hydrogen) atoms. The first-order chi connectivity index (χ1) is 9.94. The topological polar surface area (TPSA) is 92.8 Å². The van der Waals surface area contributed by atoms with Gasteiger partial charge in [0, 0.05) is 18.7 Å². The number of amides is 1. The van der Waals surface area contributed by atoms with Crippen molar-refractivity contribution in [2.24, 2.45) is 0 Å². The molecule has 0 bridgehead atoms. The lowest BCUT2D eigenvalue weighted by Gasteiger charge is -2.16. The van der Waals surface area contributed by atoms with Gasteiger partial charge < -0.3 is 9.64 Å². The monoisotopic (exact) mass is 312 g/mol. The number of nitrogens with one attached hydrogen (secondary N) is 1. The van der Waals surface area contributed by atoms with E-state index in [1.165, 1.54) is 19.2 Å². The number of rotatable bonds is 5. The van der Waals surface area contributed by atoms with Crippen LogP contribution in [0.1, 0.15) is 12.8 Å². The normalized spacial score (nSPS) is 15.3. The third kappa shape index (κ3) is 3.59. The average molecular weight is 312 g/mol. The van der Waals surface area contributed by atoms with E-state index in [0.717, 1.165) is 6.42 Å². The molecule has 0 spiro atoms. The minimum absolute atomic E-state index is 0.0294. The predicted molar refractivity (Wildman–Crippen MR) is 75.2 cm³/mol. The Morgan fingerprint density at radius 3 is 2.52 bits per heavy atom. The van der Waals surface area contributed by atoms with E-state index in [1.807, 2.05) is 0 Å². The Balaban J connectivity index is 2.11. The first kappa shape index (κ1) is 15.5. The first-order valence-electron chi connectivity index (χ1n) is 6.41. The van der Waals surface area contributed by atoms with Crippen LogP contribution in [0.5, 0.6) is 0 Å². The van der Waals surface area contributed by atoms with Gasteiger partial charge in [0.15, 0.2) is 0 Å². The molecule has 1 heterocycles. The highest BCUT2D eigenvalue weighted by Gasteiger charge is 2.22. The number of sulfonamides is 1. The van der Waals surface area contributed by atoms with Crippen molar-refractivity contribution in [3.63, 3.8) is 0 Å². The van der Waals surface area contributed by atoms with Gasteiger partial charge in [-0.15, -0.1) is 0 Å². The zero-order chi connectivity index (χ0) is 15.5. The Hall–Kier alpha value is -1.93. The molecule has 1 aromatic rings. The number of hydrogen-bond donors (Lipinski definition) is 1. The van der Waals surface area contributed by atoms with E-state index in [-0.39, 0.29) is 10.8 Å². The molecule has 2 rings (SSSR count). The molecule has 1 fully saturated rings. The number of ether oxygens (including phenoxy) is 1. The van der Waals surface area contributed by atoms with Gasteiger partial charge in [0.2, 0.25) is 15.9 Å². The third-order valence-corrected chi connectivity index (χ3v) is 4.58. The maximum absolute atomic E-state index is 12.0. The van der Waals surface area contributed by atoms with Gasteiger partial charge in [-0.25, -0.2) is 8.42 Å². The lowest BCUT2D eigenvalue weighted by atomic mass is 10.3. The lowest BCUT2D eigenvalue weighted by molar-refractivity contribution is -0.139. The molecule has 1 saturated heterocycles. The second kappa shape index (κ2) is 6.23. The van der Waals surface area contributed by atoms with Crippen LogP contribution in [0.4, 0.5) is 5.69 Å². The Bertz CT molecular complexity index is 639. The summed E-state index contributed by atoms with van der Waals surface area (Å²) in [5.74, 6) is -0.632. The zero-order valence-electron chi connectivity index (χ0n) is 11.5. The van der Waals surface area contributed by atoms with E-state index in [4.69, 9.17) is 0 Å². The highest BCUT2D eigenvalue weighted by Crippen LogP contribution is 2.22. The molecule has 1 aliphatic heterocycles. The Morgan fingerprint density at radius 1 is 1.33 bits per heavy atom. The number of anilines is 1. The molecule has 8 heteroatoms. The van der Waals surface area contributed by atoms with E-state index in [9.17, 15) is 18.0 Å².